The molecule has 174 valence electrons. The normalized spacial score (nSPS) is 13.1. The van der Waals surface area contributed by atoms with Gasteiger partial charge < -0.3 is 0 Å². The summed E-state index contributed by atoms with van der Waals surface area (Å²) in [6.45, 7) is 2.54. The number of nitriles is 1. The fraction of sp³-hybridized carbons (Fsp3) is 0.182. The maximum Gasteiger partial charge on any atom is 0.404 e. The second-order valence-corrected chi connectivity index (χ2v) is 9.24. The van der Waals surface area contributed by atoms with E-state index in [1.165, 1.54) is 6.07 Å². The summed E-state index contributed by atoms with van der Waals surface area (Å²) >= 11 is 0. The molecule has 34 heavy (non-hydrogen) atoms. The molecule has 0 fully saturated rings. The van der Waals surface area contributed by atoms with E-state index in [1.807, 2.05) is 6.92 Å². The summed E-state index contributed by atoms with van der Waals surface area (Å²) in [7, 11) is -4.48. The molecule has 1 N–H and O–H groups in total. The number of halogens is 3. The average molecular weight is 486 g/mol. The van der Waals surface area contributed by atoms with Gasteiger partial charge in [0.25, 0.3) is 0 Å². The minimum Gasteiger partial charge on any atom is -0.289 e. The lowest BCUT2D eigenvalue weighted by molar-refractivity contribution is -0.147. The van der Waals surface area contributed by atoms with Crippen LogP contribution in [0.4, 0.5) is 13.2 Å². The van der Waals surface area contributed by atoms with Crippen LogP contribution < -0.4 is 4.72 Å². The van der Waals surface area contributed by atoms with Crippen LogP contribution in [0.2, 0.25) is 0 Å². The number of rotatable bonds is 5. The van der Waals surface area contributed by atoms with Crippen molar-refractivity contribution >= 4 is 21.1 Å². The third kappa shape index (κ3) is 4.23. The molecular weight excluding hydrogens is 469 g/mol. The molecule has 4 rings (SSSR count). The van der Waals surface area contributed by atoms with Crippen molar-refractivity contribution in [1.29, 1.82) is 5.26 Å². The van der Waals surface area contributed by atoms with E-state index in [4.69, 9.17) is 0 Å². The molecule has 0 aromatic carbocycles. The molecule has 0 bridgehead atoms. The van der Waals surface area contributed by atoms with Crippen LogP contribution in [0.1, 0.15) is 18.1 Å². The molecule has 0 saturated heterocycles. The molecule has 0 aliphatic heterocycles. The molecule has 0 amide bonds. The van der Waals surface area contributed by atoms with Gasteiger partial charge in [0.2, 0.25) is 10.0 Å². The Morgan fingerprint density at radius 3 is 2.50 bits per heavy atom. The highest BCUT2D eigenvalue weighted by Crippen LogP contribution is 2.35. The van der Waals surface area contributed by atoms with Gasteiger partial charge in [0.05, 0.1) is 28.8 Å². The highest BCUT2D eigenvalue weighted by atomic mass is 32.2. The van der Waals surface area contributed by atoms with Gasteiger partial charge in [0.1, 0.15) is 22.7 Å². The Balaban J connectivity index is 1.87. The van der Waals surface area contributed by atoms with Crippen LogP contribution >= 0.6 is 0 Å². The Hall–Kier alpha value is -3.82. The highest BCUT2D eigenvalue weighted by Gasteiger charge is 2.39. The first kappa shape index (κ1) is 23.3. The van der Waals surface area contributed by atoms with Gasteiger partial charge in [-0.05, 0) is 49.7 Å². The van der Waals surface area contributed by atoms with Crippen LogP contribution in [0.5, 0.6) is 0 Å². The van der Waals surface area contributed by atoms with Crippen LogP contribution in [-0.4, -0.2) is 40.2 Å². The molecule has 4 aromatic rings. The van der Waals surface area contributed by atoms with Crippen molar-refractivity contribution in [3.63, 3.8) is 0 Å². The first-order chi connectivity index (χ1) is 16.0. The molecule has 0 spiro atoms. The largest absolute Gasteiger partial charge is 0.404 e. The number of hydrogen-bond donors (Lipinski definition) is 1. The Morgan fingerprint density at radius 1 is 1.15 bits per heavy atom. The zero-order chi connectivity index (χ0) is 24.7. The third-order valence-electron chi connectivity index (χ3n) is 5.07. The number of aromatic nitrogens is 4. The van der Waals surface area contributed by atoms with E-state index in [0.29, 0.717) is 29.3 Å². The maximum atomic E-state index is 12.8. The SMILES string of the molecule is Cc1cnc2c(c1)c(C#N)c(-c1ccc(S(=O)(=O)NC(C)C(F)(F)F)cn1)n2-c1cccnc1. The van der Waals surface area contributed by atoms with Crippen LogP contribution in [-0.2, 0) is 10.0 Å². The summed E-state index contributed by atoms with van der Waals surface area (Å²) in [5, 5.41) is 10.5. The lowest BCUT2D eigenvalue weighted by atomic mass is 10.1. The molecule has 4 aromatic heterocycles. The van der Waals surface area contributed by atoms with E-state index in [0.717, 1.165) is 17.8 Å². The predicted octanol–water partition coefficient (Wildman–Crippen LogP) is 3.89. The highest BCUT2D eigenvalue weighted by molar-refractivity contribution is 7.89. The molecule has 1 atom stereocenters. The van der Waals surface area contributed by atoms with Crippen molar-refractivity contribution in [1.82, 2.24) is 24.2 Å². The van der Waals surface area contributed by atoms with E-state index < -0.39 is 27.1 Å². The molecule has 0 saturated carbocycles. The Bertz CT molecular complexity index is 1510. The molecule has 0 radical (unpaired) electrons. The summed E-state index contributed by atoms with van der Waals surface area (Å²) in [6, 6.07) is 7.64. The van der Waals surface area contributed by atoms with Crippen molar-refractivity contribution in [2.75, 3.05) is 0 Å². The van der Waals surface area contributed by atoms with Crippen molar-refractivity contribution in [3.05, 3.63) is 66.2 Å². The molecule has 12 heteroatoms. The number of fused-ring (bicyclic) bond motifs is 1. The van der Waals surface area contributed by atoms with Crippen molar-refractivity contribution in [3.8, 4) is 23.1 Å². The van der Waals surface area contributed by atoms with Crippen molar-refractivity contribution in [2.45, 2.75) is 31.0 Å². The van der Waals surface area contributed by atoms with E-state index in [1.54, 1.807) is 46.1 Å². The first-order valence-electron chi connectivity index (χ1n) is 9.90. The number of nitrogens with one attached hydrogen (secondary N) is 1. The van der Waals surface area contributed by atoms with Crippen LogP contribution in [0, 0.1) is 18.3 Å². The van der Waals surface area contributed by atoms with Gasteiger partial charge in [-0.3, -0.25) is 14.5 Å². The molecule has 8 nitrogen and oxygen atoms in total. The second-order valence-electron chi connectivity index (χ2n) is 7.53. The van der Waals surface area contributed by atoms with Gasteiger partial charge in [-0.25, -0.2) is 13.4 Å². The van der Waals surface area contributed by atoms with Gasteiger partial charge >= 0.3 is 6.18 Å². The number of sulfonamides is 1. The fourth-order valence-electron chi connectivity index (χ4n) is 3.41. The van der Waals surface area contributed by atoms with Gasteiger partial charge in [-0.2, -0.15) is 23.2 Å². The molecule has 4 heterocycles. The zero-order valence-corrected chi connectivity index (χ0v) is 18.7. The van der Waals surface area contributed by atoms with Gasteiger partial charge in [0.15, 0.2) is 0 Å². The number of hydrogen-bond acceptors (Lipinski definition) is 6. The summed E-state index contributed by atoms with van der Waals surface area (Å²) in [5.74, 6) is 0. The standard InChI is InChI=1S/C22H17F3N6O2S/c1-13-8-17-18(9-26)20(31(21(17)29-10-13)15-4-3-7-27-11-15)19-6-5-16(12-28-19)34(32,33)30-14(2)22(23,24)25/h3-8,10-12,14,30H,1-2H3. The molecular formula is C22H17F3N6O2S. The van der Waals surface area contributed by atoms with Crippen molar-refractivity contribution in [2.24, 2.45) is 0 Å². The predicted molar refractivity (Wildman–Crippen MR) is 117 cm³/mol. The van der Waals surface area contributed by atoms with E-state index >= 15 is 0 Å². The first-order valence-corrected chi connectivity index (χ1v) is 11.4. The minimum absolute atomic E-state index is 0.235. The lowest BCUT2D eigenvalue weighted by Gasteiger charge is -2.17. The summed E-state index contributed by atoms with van der Waals surface area (Å²) < 4.78 is 66.5. The van der Waals surface area contributed by atoms with Gasteiger partial charge in [-0.1, -0.05) is 0 Å². The van der Waals surface area contributed by atoms with E-state index in [-0.39, 0.29) is 11.3 Å². The number of nitrogens with zero attached hydrogens (tertiary/aromatic N) is 5. The van der Waals surface area contributed by atoms with Crippen LogP contribution in [0.15, 0.2) is 60.0 Å². The summed E-state index contributed by atoms with van der Waals surface area (Å²) in [4.78, 5) is 12.3. The maximum absolute atomic E-state index is 12.8. The fourth-order valence-corrected chi connectivity index (χ4v) is 4.58. The third-order valence-corrected chi connectivity index (χ3v) is 6.60. The second kappa shape index (κ2) is 8.51. The Morgan fingerprint density at radius 2 is 1.91 bits per heavy atom. The van der Waals surface area contributed by atoms with Gasteiger partial charge in [-0.15, -0.1) is 0 Å². The zero-order valence-electron chi connectivity index (χ0n) is 17.9. The summed E-state index contributed by atoms with van der Waals surface area (Å²) in [5.41, 5.74) is 2.76. The minimum atomic E-state index is -4.74. The smallest absolute Gasteiger partial charge is 0.289 e. The van der Waals surface area contributed by atoms with Crippen LogP contribution in [0.3, 0.4) is 0 Å². The molecule has 0 aliphatic carbocycles. The molecule has 1 unspecified atom stereocenters. The number of pyridine rings is 3. The molecule has 0 aliphatic rings. The topological polar surface area (TPSA) is 114 Å². The van der Waals surface area contributed by atoms with Gasteiger partial charge in [0, 0.05) is 24.0 Å². The van der Waals surface area contributed by atoms with E-state index in [2.05, 4.69) is 21.0 Å². The van der Waals surface area contributed by atoms with Crippen molar-refractivity contribution < 1.29 is 21.6 Å². The van der Waals surface area contributed by atoms with E-state index in [9.17, 15) is 26.9 Å². The summed E-state index contributed by atoms with van der Waals surface area (Å²) in [6.07, 6.45) is 1.03. The lowest BCUT2D eigenvalue weighted by Crippen LogP contribution is -2.42. The monoisotopic (exact) mass is 486 g/mol. The number of alkyl halides is 3. The average Bonchev–Trinajstić information content (AvgIpc) is 3.12. The Labute approximate surface area is 192 Å². The number of aryl methyl sites for hydroxylation is 1. The Kier molecular flexibility index (Phi) is 5.84. The van der Waals surface area contributed by atoms with Crippen LogP contribution in [0.25, 0.3) is 28.1 Å². The quantitative estimate of drug-likeness (QED) is 0.458.